The van der Waals surface area contributed by atoms with Gasteiger partial charge in [-0.3, -0.25) is 0 Å². The third kappa shape index (κ3) is 6.61. The van der Waals surface area contributed by atoms with Crippen LogP contribution in [0.1, 0.15) is 20.8 Å². The molecule has 0 aromatic rings. The minimum atomic E-state index is 0. The summed E-state index contributed by atoms with van der Waals surface area (Å²) < 4.78 is 0. The second kappa shape index (κ2) is 4.77. The normalized spacial score (nSPS) is 6.86. The molecule has 2 heteroatoms. The molecule has 1 radical (unpaired) electrons. The van der Waals surface area contributed by atoms with E-state index in [0.717, 1.165) is 5.03 Å². The Kier molecular flexibility index (Phi) is 7.19. The predicted molar refractivity (Wildman–Crippen MR) is 29.9 cm³/mol. The van der Waals surface area contributed by atoms with Gasteiger partial charge in [-0.1, -0.05) is 17.2 Å². The maximum Gasteiger partial charge on any atom is 0.0136 e. The van der Waals surface area contributed by atoms with Gasteiger partial charge < -0.3 is 0 Å². The molecule has 0 fully saturated rings. The Hall–Kier alpha value is 0.614. The fraction of sp³-hybridized carbons (Fsp3) is 0.600. The van der Waals surface area contributed by atoms with Crippen molar-refractivity contribution in [3.8, 4) is 0 Å². The molecule has 0 aliphatic heterocycles. The van der Waals surface area contributed by atoms with Gasteiger partial charge in [0.05, 0.1) is 0 Å². The van der Waals surface area contributed by atoms with E-state index in [1.165, 1.54) is 5.57 Å². The Morgan fingerprint density at radius 1 is 1.14 bits per heavy atom. The van der Waals surface area contributed by atoms with Crippen LogP contribution in [0.25, 0.3) is 0 Å². The van der Waals surface area contributed by atoms with Gasteiger partial charge in [-0.05, 0) is 20.8 Å². The van der Waals surface area contributed by atoms with Crippen molar-refractivity contribution in [2.75, 3.05) is 0 Å². The summed E-state index contributed by atoms with van der Waals surface area (Å²) in [5.74, 6) is 0. The van der Waals surface area contributed by atoms with E-state index in [1.54, 1.807) is 0 Å². The quantitative estimate of drug-likeness (QED) is 0.504. The number of hydrogen-bond acceptors (Lipinski definition) is 0. The Balaban J connectivity index is 0. The van der Waals surface area contributed by atoms with Crippen LogP contribution in [0.3, 0.4) is 0 Å². The topological polar surface area (TPSA) is 0 Å². The molecule has 0 saturated heterocycles. The molecule has 0 saturated carbocycles. The van der Waals surface area contributed by atoms with Crippen LogP contribution in [-0.4, -0.2) is 0 Å². The standard InChI is InChI=1S/C5H9Cl.V/c1-4(2)5(3)6;/h1-3H3;. The molecular formula is C5H9ClV. The second-order valence-corrected chi connectivity index (χ2v) is 2.10. The van der Waals surface area contributed by atoms with Crippen molar-refractivity contribution in [1.82, 2.24) is 0 Å². The summed E-state index contributed by atoms with van der Waals surface area (Å²) in [7, 11) is 0. The molecule has 0 rings (SSSR count). The Morgan fingerprint density at radius 2 is 1.29 bits per heavy atom. The fourth-order valence-corrected chi connectivity index (χ4v) is 0. The van der Waals surface area contributed by atoms with E-state index in [-0.39, 0.29) is 18.6 Å². The molecule has 0 atom stereocenters. The molecule has 0 aliphatic carbocycles. The minimum absolute atomic E-state index is 0. The summed E-state index contributed by atoms with van der Waals surface area (Å²) in [6.07, 6.45) is 0. The first-order chi connectivity index (χ1) is 2.64. The van der Waals surface area contributed by atoms with Gasteiger partial charge in [-0.25, -0.2) is 0 Å². The Morgan fingerprint density at radius 3 is 1.29 bits per heavy atom. The van der Waals surface area contributed by atoms with Crippen LogP contribution in [0.15, 0.2) is 10.6 Å². The van der Waals surface area contributed by atoms with Crippen molar-refractivity contribution in [2.45, 2.75) is 20.8 Å². The van der Waals surface area contributed by atoms with E-state index in [1.807, 2.05) is 20.8 Å². The first-order valence-corrected chi connectivity index (χ1v) is 2.32. The van der Waals surface area contributed by atoms with Gasteiger partial charge in [0.25, 0.3) is 0 Å². The summed E-state index contributed by atoms with van der Waals surface area (Å²) in [6.45, 7) is 5.86. The average Bonchev–Trinajstić information content (AvgIpc) is 1.36. The van der Waals surface area contributed by atoms with Crippen LogP contribution in [0.2, 0.25) is 0 Å². The largest absolute Gasteiger partial charge is 0.0895 e. The van der Waals surface area contributed by atoms with E-state index >= 15 is 0 Å². The summed E-state index contributed by atoms with van der Waals surface area (Å²) >= 11 is 5.49. The average molecular weight is 156 g/mol. The van der Waals surface area contributed by atoms with Gasteiger partial charge >= 0.3 is 0 Å². The first kappa shape index (κ1) is 10.6. The monoisotopic (exact) mass is 155 g/mol. The predicted octanol–water partition coefficient (Wildman–Crippen LogP) is 2.54. The van der Waals surface area contributed by atoms with E-state index < -0.39 is 0 Å². The zero-order chi connectivity index (χ0) is 5.15. The van der Waals surface area contributed by atoms with Gasteiger partial charge in [0, 0.05) is 23.6 Å². The van der Waals surface area contributed by atoms with Crippen LogP contribution < -0.4 is 0 Å². The van der Waals surface area contributed by atoms with Gasteiger partial charge in [0.15, 0.2) is 0 Å². The van der Waals surface area contributed by atoms with Crippen molar-refractivity contribution in [3.05, 3.63) is 10.6 Å². The van der Waals surface area contributed by atoms with Crippen LogP contribution >= 0.6 is 11.6 Å². The third-order valence-electron chi connectivity index (χ3n) is 0.689. The van der Waals surface area contributed by atoms with Crippen LogP contribution in [-0.2, 0) is 18.6 Å². The van der Waals surface area contributed by atoms with Crippen LogP contribution in [0.5, 0.6) is 0 Å². The molecule has 0 amide bonds. The SMILES string of the molecule is CC(C)=C(C)Cl.[V]. The third-order valence-corrected chi connectivity index (χ3v) is 1.07. The molecule has 0 heterocycles. The molecule has 41 valence electrons. The molecule has 0 aliphatic rings. The molecular weight excluding hydrogens is 146 g/mol. The van der Waals surface area contributed by atoms with Crippen molar-refractivity contribution in [1.29, 1.82) is 0 Å². The van der Waals surface area contributed by atoms with Crippen molar-refractivity contribution >= 4 is 11.6 Å². The molecule has 0 aromatic carbocycles. The van der Waals surface area contributed by atoms with Gasteiger partial charge in [0.2, 0.25) is 0 Å². The number of hydrogen-bond donors (Lipinski definition) is 0. The number of rotatable bonds is 0. The number of allylic oxidation sites excluding steroid dienone is 2. The molecule has 7 heavy (non-hydrogen) atoms. The van der Waals surface area contributed by atoms with Gasteiger partial charge in [-0.15, -0.1) is 0 Å². The van der Waals surface area contributed by atoms with E-state index in [9.17, 15) is 0 Å². The summed E-state index contributed by atoms with van der Waals surface area (Å²) in [5.41, 5.74) is 1.19. The van der Waals surface area contributed by atoms with Crippen molar-refractivity contribution < 1.29 is 18.6 Å². The minimum Gasteiger partial charge on any atom is -0.0895 e. The maximum atomic E-state index is 5.49. The van der Waals surface area contributed by atoms with E-state index in [2.05, 4.69) is 0 Å². The molecule has 0 bridgehead atoms. The molecule has 0 N–H and O–H groups in total. The van der Waals surface area contributed by atoms with Crippen LogP contribution in [0, 0.1) is 0 Å². The summed E-state index contributed by atoms with van der Waals surface area (Å²) in [5, 5.41) is 0.898. The second-order valence-electron chi connectivity index (χ2n) is 1.53. The molecule has 0 spiro atoms. The van der Waals surface area contributed by atoms with E-state index in [4.69, 9.17) is 11.6 Å². The summed E-state index contributed by atoms with van der Waals surface area (Å²) in [4.78, 5) is 0. The van der Waals surface area contributed by atoms with Gasteiger partial charge in [0.1, 0.15) is 0 Å². The molecule has 0 nitrogen and oxygen atoms in total. The smallest absolute Gasteiger partial charge is 0.0136 e. The van der Waals surface area contributed by atoms with Crippen molar-refractivity contribution in [2.24, 2.45) is 0 Å². The fourth-order valence-electron chi connectivity index (χ4n) is 0. The Labute approximate surface area is 61.8 Å². The van der Waals surface area contributed by atoms with Gasteiger partial charge in [-0.2, -0.15) is 0 Å². The van der Waals surface area contributed by atoms with Crippen molar-refractivity contribution in [3.63, 3.8) is 0 Å². The van der Waals surface area contributed by atoms with Crippen LogP contribution in [0.4, 0.5) is 0 Å². The molecule has 0 aromatic heterocycles. The Bertz CT molecular complexity index is 58.1. The molecule has 0 unspecified atom stereocenters. The first-order valence-electron chi connectivity index (χ1n) is 1.94. The zero-order valence-electron chi connectivity index (χ0n) is 4.83. The maximum absolute atomic E-state index is 5.49. The zero-order valence-corrected chi connectivity index (χ0v) is 6.98. The summed E-state index contributed by atoms with van der Waals surface area (Å²) in [6, 6.07) is 0. The van der Waals surface area contributed by atoms with E-state index in [0.29, 0.717) is 0 Å². The number of halogens is 1.